The number of hydrogen-bond donors (Lipinski definition) is 3. The lowest BCUT2D eigenvalue weighted by atomic mass is 9.95. The highest BCUT2D eigenvalue weighted by molar-refractivity contribution is 5.91. The van der Waals surface area contributed by atoms with E-state index in [1.54, 1.807) is 0 Å². The molecule has 0 aliphatic carbocycles. The molecule has 1 aromatic carbocycles. The highest BCUT2D eigenvalue weighted by Crippen LogP contribution is 2.44. The van der Waals surface area contributed by atoms with Crippen molar-refractivity contribution in [3.05, 3.63) is 28.8 Å². The number of carboxylic acids is 1. The van der Waals surface area contributed by atoms with Crippen molar-refractivity contribution in [2.75, 3.05) is 0 Å². The average Bonchev–Trinajstić information content (AvgIpc) is 2.24. The van der Waals surface area contributed by atoms with E-state index in [0.29, 0.717) is 6.07 Å². The lowest BCUT2D eigenvalue weighted by Gasteiger charge is -2.22. The zero-order valence-electron chi connectivity index (χ0n) is 9.38. The molecule has 0 fully saturated rings. The van der Waals surface area contributed by atoms with Crippen LogP contribution in [0.25, 0.3) is 0 Å². The summed E-state index contributed by atoms with van der Waals surface area (Å²) in [5, 5.41) is 18.0. The molecule has 112 valence electrons. The summed E-state index contributed by atoms with van der Waals surface area (Å²) in [5.74, 6) is -3.54. The number of hydrogen-bond acceptors (Lipinski definition) is 3. The third-order valence-electron chi connectivity index (χ3n) is 2.42. The van der Waals surface area contributed by atoms with Crippen LogP contribution in [0.4, 0.5) is 26.3 Å². The molecular weight excluding hydrogens is 296 g/mol. The van der Waals surface area contributed by atoms with Crippen LogP contribution in [0.3, 0.4) is 0 Å². The molecule has 0 saturated carbocycles. The lowest BCUT2D eigenvalue weighted by Crippen LogP contribution is -2.31. The fourth-order valence-electron chi connectivity index (χ4n) is 1.51. The van der Waals surface area contributed by atoms with Crippen molar-refractivity contribution in [2.24, 2.45) is 5.73 Å². The van der Waals surface area contributed by atoms with Gasteiger partial charge in [-0.05, 0) is 12.1 Å². The fraction of sp³-hybridized carbons (Fsp3) is 0.300. The van der Waals surface area contributed by atoms with Gasteiger partial charge in [0.2, 0.25) is 0 Å². The molecule has 0 heterocycles. The molecule has 1 aromatic rings. The minimum atomic E-state index is -5.28. The normalized spacial score (nSPS) is 14.2. The number of carboxylic acid groups (broad SMARTS) is 1. The van der Waals surface area contributed by atoms with E-state index in [4.69, 9.17) is 5.11 Å². The van der Waals surface area contributed by atoms with Gasteiger partial charge in [-0.1, -0.05) is 0 Å². The Hall–Kier alpha value is -1.97. The minimum absolute atomic E-state index is 0.129. The second kappa shape index (κ2) is 4.85. The average molecular weight is 303 g/mol. The van der Waals surface area contributed by atoms with Crippen LogP contribution in [-0.2, 0) is 6.18 Å². The molecular formula is C10H7F6NO3. The van der Waals surface area contributed by atoms with Gasteiger partial charge in [0.25, 0.3) is 0 Å². The van der Waals surface area contributed by atoms with Crippen molar-refractivity contribution in [3.63, 3.8) is 0 Å². The smallest absolute Gasteiger partial charge is 0.416 e. The van der Waals surface area contributed by atoms with Crippen LogP contribution >= 0.6 is 0 Å². The third kappa shape index (κ3) is 2.95. The van der Waals surface area contributed by atoms with Gasteiger partial charge in [0, 0.05) is 5.56 Å². The monoisotopic (exact) mass is 303 g/mol. The van der Waals surface area contributed by atoms with Gasteiger partial charge in [0.05, 0.1) is 5.56 Å². The van der Waals surface area contributed by atoms with Gasteiger partial charge >= 0.3 is 18.3 Å². The first-order chi connectivity index (χ1) is 8.87. The first-order valence-electron chi connectivity index (χ1n) is 4.86. The molecule has 0 spiro atoms. The topological polar surface area (TPSA) is 83.6 Å². The summed E-state index contributed by atoms with van der Waals surface area (Å²) in [6.45, 7) is 0. The van der Waals surface area contributed by atoms with Gasteiger partial charge in [-0.3, -0.25) is 0 Å². The number of alkyl halides is 6. The first kappa shape index (κ1) is 16.1. The minimum Gasteiger partial charge on any atom is -0.507 e. The number of rotatable bonds is 2. The Kier molecular flexibility index (Phi) is 3.90. The van der Waals surface area contributed by atoms with E-state index in [1.165, 1.54) is 0 Å². The summed E-state index contributed by atoms with van der Waals surface area (Å²) in [5.41, 5.74) is -0.00294. The molecule has 0 aliphatic heterocycles. The molecule has 1 rings (SSSR count). The van der Waals surface area contributed by atoms with Crippen molar-refractivity contribution < 1.29 is 41.4 Å². The largest absolute Gasteiger partial charge is 0.507 e. The molecule has 0 aliphatic rings. The zero-order valence-corrected chi connectivity index (χ0v) is 9.38. The van der Waals surface area contributed by atoms with E-state index in [0.717, 1.165) is 0 Å². The van der Waals surface area contributed by atoms with Crippen LogP contribution in [0.15, 0.2) is 12.1 Å². The van der Waals surface area contributed by atoms with Crippen LogP contribution in [0.5, 0.6) is 5.75 Å². The van der Waals surface area contributed by atoms with E-state index in [1.807, 2.05) is 0 Å². The molecule has 4 N–H and O–H groups in total. The lowest BCUT2D eigenvalue weighted by molar-refractivity contribution is -0.156. The van der Waals surface area contributed by atoms with Crippen LogP contribution in [0, 0.1) is 0 Å². The van der Waals surface area contributed by atoms with Gasteiger partial charge in [-0.25, -0.2) is 4.79 Å². The van der Waals surface area contributed by atoms with Gasteiger partial charge < -0.3 is 15.9 Å². The quantitative estimate of drug-likeness (QED) is 0.733. The zero-order chi connectivity index (χ0) is 15.9. The summed E-state index contributed by atoms with van der Waals surface area (Å²) < 4.78 is 75.3. The summed E-state index contributed by atoms with van der Waals surface area (Å²) in [6.07, 6.45) is -10.5. The predicted octanol–water partition coefficient (Wildman–Crippen LogP) is 2.67. The fourth-order valence-corrected chi connectivity index (χ4v) is 1.51. The number of halogens is 6. The number of aromatic carboxylic acids is 1. The highest BCUT2D eigenvalue weighted by Gasteiger charge is 2.46. The van der Waals surface area contributed by atoms with Crippen molar-refractivity contribution in [1.29, 1.82) is 0 Å². The van der Waals surface area contributed by atoms with Crippen LogP contribution < -0.4 is 5.73 Å². The molecule has 20 heavy (non-hydrogen) atoms. The van der Waals surface area contributed by atoms with Crippen molar-refractivity contribution in [2.45, 2.75) is 18.4 Å². The number of nitrogens with two attached hydrogens (primary N) is 1. The Morgan fingerprint density at radius 2 is 1.65 bits per heavy atom. The molecule has 0 unspecified atom stereocenters. The standard InChI is InChI=1S/C10H7F6NO3/c11-9(12,13)4-2-1-3(8(19)20)6(18)5(4)7(17)10(14,15)16/h1-2,7,18H,17H2,(H,19,20)/t7-/m0/s1. The molecule has 0 saturated heterocycles. The van der Waals surface area contributed by atoms with Crippen LogP contribution in [-0.4, -0.2) is 22.4 Å². The van der Waals surface area contributed by atoms with Crippen LogP contribution in [0.1, 0.15) is 27.5 Å². The van der Waals surface area contributed by atoms with Crippen LogP contribution in [0.2, 0.25) is 0 Å². The van der Waals surface area contributed by atoms with Gasteiger partial charge in [0.15, 0.2) is 0 Å². The summed E-state index contributed by atoms with van der Waals surface area (Å²) in [7, 11) is 0. The number of aromatic hydroxyl groups is 1. The van der Waals surface area contributed by atoms with E-state index >= 15 is 0 Å². The first-order valence-corrected chi connectivity index (χ1v) is 4.86. The van der Waals surface area contributed by atoms with Crippen molar-refractivity contribution >= 4 is 5.97 Å². The summed E-state index contributed by atoms with van der Waals surface area (Å²) >= 11 is 0. The van der Waals surface area contributed by atoms with E-state index in [9.17, 15) is 36.2 Å². The molecule has 0 amide bonds. The Morgan fingerprint density at radius 3 is 2.00 bits per heavy atom. The SMILES string of the molecule is N[C@@H](c1c(C(F)(F)F)ccc(C(=O)O)c1O)C(F)(F)F. The number of phenols is 1. The molecule has 0 bridgehead atoms. The Morgan fingerprint density at radius 1 is 1.15 bits per heavy atom. The Bertz CT molecular complexity index is 537. The summed E-state index contributed by atoms with van der Waals surface area (Å²) in [4.78, 5) is 10.6. The van der Waals surface area contributed by atoms with Gasteiger partial charge in [-0.2, -0.15) is 26.3 Å². The molecule has 0 aromatic heterocycles. The molecule has 0 radical (unpaired) electrons. The molecule has 4 nitrogen and oxygen atoms in total. The van der Waals surface area contributed by atoms with Crippen molar-refractivity contribution in [1.82, 2.24) is 0 Å². The van der Waals surface area contributed by atoms with E-state index in [-0.39, 0.29) is 6.07 Å². The number of carbonyl (C=O) groups is 1. The Balaban J connectivity index is 3.66. The molecule has 10 heteroatoms. The third-order valence-corrected chi connectivity index (χ3v) is 2.42. The maximum Gasteiger partial charge on any atom is 0.416 e. The number of benzene rings is 1. The summed E-state index contributed by atoms with van der Waals surface area (Å²) in [6, 6.07) is -2.68. The second-order valence-corrected chi connectivity index (χ2v) is 3.75. The van der Waals surface area contributed by atoms with Crippen molar-refractivity contribution in [3.8, 4) is 5.75 Å². The maximum absolute atomic E-state index is 12.6. The van der Waals surface area contributed by atoms with E-state index in [2.05, 4.69) is 5.73 Å². The van der Waals surface area contributed by atoms with E-state index < -0.39 is 46.8 Å². The second-order valence-electron chi connectivity index (χ2n) is 3.75. The predicted molar refractivity (Wildman–Crippen MR) is 53.1 cm³/mol. The maximum atomic E-state index is 12.6. The van der Waals surface area contributed by atoms with Gasteiger partial charge in [0.1, 0.15) is 17.4 Å². The molecule has 1 atom stereocenters. The Labute approximate surface area is 107 Å². The highest BCUT2D eigenvalue weighted by atomic mass is 19.4. The van der Waals surface area contributed by atoms with Gasteiger partial charge in [-0.15, -0.1) is 0 Å².